The van der Waals surface area contributed by atoms with Crippen LogP contribution >= 0.6 is 0 Å². The van der Waals surface area contributed by atoms with E-state index in [-0.39, 0.29) is 29.7 Å². The fourth-order valence-corrected chi connectivity index (χ4v) is 2.35. The fourth-order valence-electron chi connectivity index (χ4n) is 2.35. The van der Waals surface area contributed by atoms with Crippen LogP contribution < -0.4 is 10.6 Å². The first kappa shape index (κ1) is 14.6. The number of carbonyl (C=O) groups is 2. The molecule has 4 nitrogen and oxygen atoms in total. The van der Waals surface area contributed by atoms with E-state index < -0.39 is 0 Å². The van der Waals surface area contributed by atoms with Gasteiger partial charge in [-0.1, -0.05) is 17.7 Å². The van der Waals surface area contributed by atoms with Crippen molar-refractivity contribution in [2.24, 2.45) is 11.8 Å². The Kier molecular flexibility index (Phi) is 4.12. The molecular weight excluding hydrogens is 252 g/mol. The molecule has 4 heteroatoms. The molecule has 0 radical (unpaired) electrons. The number of amides is 2. The van der Waals surface area contributed by atoms with Gasteiger partial charge in [0.15, 0.2) is 0 Å². The van der Waals surface area contributed by atoms with Crippen LogP contribution in [0.25, 0.3) is 0 Å². The minimum Gasteiger partial charge on any atom is -0.354 e. The molecule has 2 atom stereocenters. The van der Waals surface area contributed by atoms with Gasteiger partial charge in [0.05, 0.1) is 11.8 Å². The van der Waals surface area contributed by atoms with Gasteiger partial charge in [-0.25, -0.2) is 0 Å². The zero-order valence-corrected chi connectivity index (χ0v) is 12.5. The van der Waals surface area contributed by atoms with E-state index in [0.717, 1.165) is 11.3 Å². The van der Waals surface area contributed by atoms with Crippen LogP contribution in [-0.4, -0.2) is 17.9 Å². The molecule has 1 saturated carbocycles. The maximum Gasteiger partial charge on any atom is 0.228 e. The SMILES string of the molecule is Cc1ccc(NC(=O)C2CC2C(=O)NC(C)C)c(C)c1. The van der Waals surface area contributed by atoms with E-state index in [0.29, 0.717) is 6.42 Å². The molecule has 1 aromatic carbocycles. The lowest BCUT2D eigenvalue weighted by atomic mass is 10.1. The van der Waals surface area contributed by atoms with Crippen molar-refractivity contribution in [3.05, 3.63) is 29.3 Å². The largest absolute Gasteiger partial charge is 0.354 e. The summed E-state index contributed by atoms with van der Waals surface area (Å²) >= 11 is 0. The number of carbonyl (C=O) groups excluding carboxylic acids is 2. The second-order valence-electron chi connectivity index (χ2n) is 5.92. The van der Waals surface area contributed by atoms with E-state index in [1.807, 2.05) is 45.9 Å². The van der Waals surface area contributed by atoms with Crippen LogP contribution in [0.1, 0.15) is 31.4 Å². The molecule has 0 heterocycles. The van der Waals surface area contributed by atoms with E-state index in [9.17, 15) is 9.59 Å². The Labute approximate surface area is 119 Å². The van der Waals surface area contributed by atoms with Crippen molar-refractivity contribution in [3.8, 4) is 0 Å². The Bertz CT molecular complexity index is 537. The molecule has 0 spiro atoms. The van der Waals surface area contributed by atoms with Gasteiger partial charge < -0.3 is 10.6 Å². The monoisotopic (exact) mass is 274 g/mol. The maximum absolute atomic E-state index is 12.1. The topological polar surface area (TPSA) is 58.2 Å². The third-order valence-corrected chi connectivity index (χ3v) is 3.53. The minimum absolute atomic E-state index is 0.0132. The van der Waals surface area contributed by atoms with Crippen LogP contribution in [0.15, 0.2) is 18.2 Å². The molecular formula is C16H22N2O2. The molecule has 0 aliphatic heterocycles. The molecule has 1 aliphatic rings. The summed E-state index contributed by atoms with van der Waals surface area (Å²) in [6.45, 7) is 7.83. The van der Waals surface area contributed by atoms with Gasteiger partial charge in [0, 0.05) is 11.7 Å². The minimum atomic E-state index is -0.186. The van der Waals surface area contributed by atoms with Crippen LogP contribution in [0.4, 0.5) is 5.69 Å². The molecule has 1 fully saturated rings. The summed E-state index contributed by atoms with van der Waals surface area (Å²) in [5, 5.41) is 5.77. The van der Waals surface area contributed by atoms with E-state index in [4.69, 9.17) is 0 Å². The number of hydrogen-bond acceptors (Lipinski definition) is 2. The molecule has 2 unspecified atom stereocenters. The highest BCUT2D eigenvalue weighted by atomic mass is 16.2. The number of benzene rings is 1. The third kappa shape index (κ3) is 3.38. The molecule has 0 aromatic heterocycles. The van der Waals surface area contributed by atoms with E-state index in [1.54, 1.807) is 0 Å². The van der Waals surface area contributed by atoms with Crippen molar-refractivity contribution in [1.82, 2.24) is 5.32 Å². The lowest BCUT2D eigenvalue weighted by Crippen LogP contribution is -2.32. The highest BCUT2D eigenvalue weighted by molar-refractivity contribution is 5.99. The smallest absolute Gasteiger partial charge is 0.228 e. The Balaban J connectivity index is 1.92. The Morgan fingerprint density at radius 1 is 1.15 bits per heavy atom. The summed E-state index contributed by atoms with van der Waals surface area (Å²) in [6, 6.07) is 6.03. The quantitative estimate of drug-likeness (QED) is 0.885. The molecule has 0 saturated heterocycles. The first-order valence-corrected chi connectivity index (χ1v) is 7.07. The van der Waals surface area contributed by atoms with Crippen molar-refractivity contribution < 1.29 is 9.59 Å². The molecule has 1 aliphatic carbocycles. The van der Waals surface area contributed by atoms with E-state index in [2.05, 4.69) is 10.6 Å². The number of nitrogens with one attached hydrogen (secondary N) is 2. The Morgan fingerprint density at radius 3 is 2.40 bits per heavy atom. The van der Waals surface area contributed by atoms with E-state index >= 15 is 0 Å². The second kappa shape index (κ2) is 5.65. The van der Waals surface area contributed by atoms with Gasteiger partial charge in [0.2, 0.25) is 11.8 Å². The standard InChI is InChI=1S/C16H22N2O2/c1-9(2)17-15(19)12-8-13(12)16(20)18-14-6-5-10(3)7-11(14)4/h5-7,9,12-13H,8H2,1-4H3,(H,17,19)(H,18,20). The lowest BCUT2D eigenvalue weighted by molar-refractivity contribution is -0.125. The van der Waals surface area contributed by atoms with Gasteiger partial charge in [-0.2, -0.15) is 0 Å². The summed E-state index contributed by atoms with van der Waals surface area (Å²) in [5.41, 5.74) is 3.04. The predicted octanol–water partition coefficient (Wildman–Crippen LogP) is 2.40. The number of hydrogen-bond donors (Lipinski definition) is 2. The zero-order chi connectivity index (χ0) is 14.9. The molecule has 20 heavy (non-hydrogen) atoms. The molecule has 0 bridgehead atoms. The lowest BCUT2D eigenvalue weighted by Gasteiger charge is -2.10. The molecule has 2 N–H and O–H groups in total. The van der Waals surface area contributed by atoms with Crippen molar-refractivity contribution in [1.29, 1.82) is 0 Å². The Hall–Kier alpha value is -1.84. The first-order valence-electron chi connectivity index (χ1n) is 7.07. The summed E-state index contributed by atoms with van der Waals surface area (Å²) < 4.78 is 0. The van der Waals surface area contributed by atoms with Crippen LogP contribution in [-0.2, 0) is 9.59 Å². The summed E-state index contributed by atoms with van der Waals surface area (Å²) in [6.07, 6.45) is 0.648. The normalized spacial score (nSPS) is 20.6. The van der Waals surface area contributed by atoms with E-state index in [1.165, 1.54) is 5.56 Å². The van der Waals surface area contributed by atoms with Gasteiger partial charge in [-0.05, 0) is 45.7 Å². The fraction of sp³-hybridized carbons (Fsp3) is 0.500. The highest BCUT2D eigenvalue weighted by Crippen LogP contribution is 2.39. The number of rotatable bonds is 4. The molecule has 1 aromatic rings. The zero-order valence-electron chi connectivity index (χ0n) is 12.5. The maximum atomic E-state index is 12.1. The van der Waals surface area contributed by atoms with Crippen LogP contribution in [0.2, 0.25) is 0 Å². The summed E-state index contributed by atoms with van der Waals surface area (Å²) in [5.74, 6) is -0.417. The Morgan fingerprint density at radius 2 is 1.80 bits per heavy atom. The van der Waals surface area contributed by atoms with Crippen LogP contribution in [0, 0.1) is 25.7 Å². The van der Waals surface area contributed by atoms with Crippen molar-refractivity contribution >= 4 is 17.5 Å². The highest BCUT2D eigenvalue weighted by Gasteiger charge is 2.48. The molecule has 2 rings (SSSR count). The van der Waals surface area contributed by atoms with Crippen molar-refractivity contribution in [3.63, 3.8) is 0 Å². The second-order valence-corrected chi connectivity index (χ2v) is 5.92. The van der Waals surface area contributed by atoms with Crippen LogP contribution in [0.5, 0.6) is 0 Å². The van der Waals surface area contributed by atoms with Crippen LogP contribution in [0.3, 0.4) is 0 Å². The summed E-state index contributed by atoms with van der Waals surface area (Å²) in [7, 11) is 0. The number of anilines is 1. The van der Waals surface area contributed by atoms with Gasteiger partial charge in [0.25, 0.3) is 0 Å². The number of aryl methyl sites for hydroxylation is 2. The van der Waals surface area contributed by atoms with Gasteiger partial charge in [0.1, 0.15) is 0 Å². The molecule has 2 amide bonds. The van der Waals surface area contributed by atoms with Gasteiger partial charge in [-0.15, -0.1) is 0 Å². The molecule has 108 valence electrons. The van der Waals surface area contributed by atoms with Gasteiger partial charge >= 0.3 is 0 Å². The third-order valence-electron chi connectivity index (χ3n) is 3.53. The predicted molar refractivity (Wildman–Crippen MR) is 79.4 cm³/mol. The summed E-state index contributed by atoms with van der Waals surface area (Å²) in [4.78, 5) is 23.9. The average molecular weight is 274 g/mol. The average Bonchev–Trinajstić information content (AvgIpc) is 3.12. The van der Waals surface area contributed by atoms with Crippen molar-refractivity contribution in [2.75, 3.05) is 5.32 Å². The van der Waals surface area contributed by atoms with Gasteiger partial charge in [-0.3, -0.25) is 9.59 Å². The van der Waals surface area contributed by atoms with Crippen molar-refractivity contribution in [2.45, 2.75) is 40.2 Å². The first-order chi connectivity index (χ1) is 9.38.